The van der Waals surface area contributed by atoms with Gasteiger partial charge >= 0.3 is 0 Å². The van der Waals surface area contributed by atoms with Gasteiger partial charge in [-0.15, -0.1) is 6.58 Å². The van der Waals surface area contributed by atoms with Crippen LogP contribution in [0.1, 0.15) is 37.3 Å². The molecule has 3 rings (SSSR count). The summed E-state index contributed by atoms with van der Waals surface area (Å²) >= 11 is 0. The van der Waals surface area contributed by atoms with E-state index in [0.29, 0.717) is 25.9 Å². The lowest BCUT2D eigenvalue weighted by Gasteiger charge is -2.42. The molecule has 1 atom stereocenters. The number of likely N-dealkylation sites (tertiary alicyclic amines) is 1. The minimum atomic E-state index is -0.632. The van der Waals surface area contributed by atoms with Gasteiger partial charge < -0.3 is 10.2 Å². The molecule has 0 radical (unpaired) electrons. The first-order chi connectivity index (χ1) is 14.5. The van der Waals surface area contributed by atoms with Crippen LogP contribution >= 0.6 is 0 Å². The van der Waals surface area contributed by atoms with Gasteiger partial charge in [-0.3, -0.25) is 9.59 Å². The maximum atomic E-state index is 13.3. The van der Waals surface area contributed by atoms with Gasteiger partial charge in [-0.05, 0) is 42.9 Å². The van der Waals surface area contributed by atoms with Gasteiger partial charge in [0.2, 0.25) is 11.8 Å². The highest BCUT2D eigenvalue weighted by Crippen LogP contribution is 2.37. The summed E-state index contributed by atoms with van der Waals surface area (Å²) in [5, 5.41) is 3.01. The Balaban J connectivity index is 1.98. The predicted octanol–water partition coefficient (Wildman–Crippen LogP) is 4.53. The van der Waals surface area contributed by atoms with E-state index in [9.17, 15) is 9.59 Å². The van der Waals surface area contributed by atoms with E-state index in [1.165, 1.54) is 5.56 Å². The molecule has 1 heterocycles. The van der Waals surface area contributed by atoms with Crippen molar-refractivity contribution in [3.8, 4) is 11.1 Å². The smallest absolute Gasteiger partial charge is 0.228 e. The predicted molar refractivity (Wildman–Crippen MR) is 122 cm³/mol. The van der Waals surface area contributed by atoms with E-state index in [1.807, 2.05) is 24.0 Å². The van der Waals surface area contributed by atoms with Crippen molar-refractivity contribution in [2.45, 2.75) is 39.5 Å². The number of hydrogen-bond donors (Lipinski definition) is 1. The molecular formula is C26H32N2O2. The van der Waals surface area contributed by atoms with Gasteiger partial charge in [-0.2, -0.15) is 0 Å². The van der Waals surface area contributed by atoms with Gasteiger partial charge in [-0.1, -0.05) is 67.1 Å². The van der Waals surface area contributed by atoms with Crippen molar-refractivity contribution in [2.75, 3.05) is 19.6 Å². The summed E-state index contributed by atoms with van der Waals surface area (Å²) in [5.41, 5.74) is 4.02. The van der Waals surface area contributed by atoms with Crippen LogP contribution < -0.4 is 5.32 Å². The highest BCUT2D eigenvalue weighted by molar-refractivity contribution is 5.85. The van der Waals surface area contributed by atoms with Crippen LogP contribution in [0.15, 0.2) is 61.2 Å². The van der Waals surface area contributed by atoms with Gasteiger partial charge in [0.25, 0.3) is 0 Å². The van der Waals surface area contributed by atoms with Gasteiger partial charge in [0.05, 0.1) is 5.41 Å². The van der Waals surface area contributed by atoms with Crippen LogP contribution in [0.5, 0.6) is 0 Å². The third kappa shape index (κ3) is 4.81. The Bertz CT molecular complexity index is 904. The molecule has 30 heavy (non-hydrogen) atoms. The molecule has 0 saturated carbocycles. The molecule has 1 saturated heterocycles. The van der Waals surface area contributed by atoms with Gasteiger partial charge in [0.1, 0.15) is 0 Å². The van der Waals surface area contributed by atoms with E-state index < -0.39 is 5.41 Å². The van der Waals surface area contributed by atoms with Crippen LogP contribution in [-0.2, 0) is 16.0 Å². The zero-order valence-electron chi connectivity index (χ0n) is 18.1. The molecular weight excluding hydrogens is 372 g/mol. The van der Waals surface area contributed by atoms with Crippen LogP contribution in [0, 0.1) is 12.3 Å². The molecule has 0 aromatic heterocycles. The van der Waals surface area contributed by atoms with Gasteiger partial charge in [-0.25, -0.2) is 0 Å². The van der Waals surface area contributed by atoms with Crippen molar-refractivity contribution in [1.82, 2.24) is 10.2 Å². The molecule has 0 spiro atoms. The molecule has 1 N–H and O–H groups in total. The second kappa shape index (κ2) is 9.75. The molecule has 1 aliphatic heterocycles. The van der Waals surface area contributed by atoms with Crippen LogP contribution in [-0.4, -0.2) is 36.3 Å². The van der Waals surface area contributed by atoms with Crippen molar-refractivity contribution in [3.05, 3.63) is 72.3 Å². The number of amides is 2. The maximum absolute atomic E-state index is 13.3. The molecule has 4 nitrogen and oxygen atoms in total. The van der Waals surface area contributed by atoms with Crippen LogP contribution in [0.2, 0.25) is 0 Å². The number of carbonyl (C=O) groups is 2. The molecule has 1 fully saturated rings. The van der Waals surface area contributed by atoms with Crippen molar-refractivity contribution in [2.24, 2.45) is 5.41 Å². The number of nitrogens with zero attached hydrogens (tertiary/aromatic N) is 1. The fourth-order valence-electron chi connectivity index (χ4n) is 4.38. The summed E-state index contributed by atoms with van der Waals surface area (Å²) in [7, 11) is 0. The summed E-state index contributed by atoms with van der Waals surface area (Å²) < 4.78 is 0. The minimum Gasteiger partial charge on any atom is -0.352 e. The Labute approximate surface area is 180 Å². The topological polar surface area (TPSA) is 49.4 Å². The minimum absolute atomic E-state index is 0.00899. The lowest BCUT2D eigenvalue weighted by molar-refractivity contribution is -0.141. The van der Waals surface area contributed by atoms with Crippen molar-refractivity contribution in [1.29, 1.82) is 0 Å². The van der Waals surface area contributed by atoms with E-state index in [2.05, 4.69) is 55.2 Å². The van der Waals surface area contributed by atoms with Crippen LogP contribution in [0.4, 0.5) is 0 Å². The second-order valence-corrected chi connectivity index (χ2v) is 8.25. The SMILES string of the molecule is C=CCNC(=O)C1(Cc2ccccc2-c2ccc(C)cc2)CCCN(C(=O)CC)C1. The maximum Gasteiger partial charge on any atom is 0.228 e. The summed E-state index contributed by atoms with van der Waals surface area (Å²) in [6.45, 7) is 9.30. The molecule has 4 heteroatoms. The Hall–Kier alpha value is -2.88. The quantitative estimate of drug-likeness (QED) is 0.690. The van der Waals surface area contributed by atoms with Crippen molar-refractivity contribution < 1.29 is 9.59 Å². The van der Waals surface area contributed by atoms with E-state index in [0.717, 1.165) is 36.1 Å². The number of benzene rings is 2. The van der Waals surface area contributed by atoms with E-state index in [-0.39, 0.29) is 11.8 Å². The Kier molecular flexibility index (Phi) is 7.09. The Morgan fingerprint density at radius 3 is 2.60 bits per heavy atom. The fourth-order valence-corrected chi connectivity index (χ4v) is 4.38. The molecule has 2 aromatic rings. The summed E-state index contributed by atoms with van der Waals surface area (Å²) in [5.74, 6) is 0.122. The zero-order valence-corrected chi connectivity index (χ0v) is 18.1. The molecule has 158 valence electrons. The van der Waals surface area contributed by atoms with E-state index >= 15 is 0 Å². The van der Waals surface area contributed by atoms with Gasteiger partial charge in [0.15, 0.2) is 0 Å². The highest BCUT2D eigenvalue weighted by atomic mass is 16.2. The number of nitrogens with one attached hydrogen (secondary N) is 1. The molecule has 2 amide bonds. The van der Waals surface area contributed by atoms with Crippen molar-refractivity contribution >= 4 is 11.8 Å². The van der Waals surface area contributed by atoms with Gasteiger partial charge in [0, 0.05) is 26.1 Å². The lowest BCUT2D eigenvalue weighted by atomic mass is 9.73. The molecule has 0 bridgehead atoms. The molecule has 1 aliphatic rings. The van der Waals surface area contributed by atoms with Crippen molar-refractivity contribution in [3.63, 3.8) is 0 Å². The first-order valence-corrected chi connectivity index (χ1v) is 10.8. The third-order valence-corrected chi connectivity index (χ3v) is 6.03. The molecule has 2 aromatic carbocycles. The fraction of sp³-hybridized carbons (Fsp3) is 0.385. The molecule has 0 aliphatic carbocycles. The van der Waals surface area contributed by atoms with E-state index in [1.54, 1.807) is 6.08 Å². The van der Waals surface area contributed by atoms with Crippen LogP contribution in [0.25, 0.3) is 11.1 Å². The lowest BCUT2D eigenvalue weighted by Crippen LogP contribution is -2.54. The number of piperidine rings is 1. The summed E-state index contributed by atoms with van der Waals surface area (Å²) in [4.78, 5) is 27.6. The third-order valence-electron chi connectivity index (χ3n) is 6.03. The molecule has 1 unspecified atom stereocenters. The Morgan fingerprint density at radius 1 is 1.17 bits per heavy atom. The van der Waals surface area contributed by atoms with E-state index in [4.69, 9.17) is 0 Å². The largest absolute Gasteiger partial charge is 0.352 e. The number of aryl methyl sites for hydroxylation is 1. The second-order valence-electron chi connectivity index (χ2n) is 8.25. The standard InChI is InChI=1S/C26H32N2O2/c1-4-16-27-25(30)26(15-8-17-28(19-26)24(29)5-2)18-22-9-6-7-10-23(22)21-13-11-20(3)12-14-21/h4,6-7,9-14H,1,5,8,15-19H2,2-3H3,(H,27,30). The number of rotatable bonds is 7. The normalized spacial score (nSPS) is 18.7. The zero-order chi connectivity index (χ0) is 21.6. The summed E-state index contributed by atoms with van der Waals surface area (Å²) in [6.07, 6.45) is 4.37. The number of hydrogen-bond acceptors (Lipinski definition) is 2. The highest BCUT2D eigenvalue weighted by Gasteiger charge is 2.43. The Morgan fingerprint density at radius 2 is 1.90 bits per heavy atom. The average molecular weight is 405 g/mol. The first-order valence-electron chi connectivity index (χ1n) is 10.8. The first kappa shape index (κ1) is 21.8. The summed E-state index contributed by atoms with van der Waals surface area (Å²) in [6, 6.07) is 16.8. The monoisotopic (exact) mass is 404 g/mol. The average Bonchev–Trinajstić information content (AvgIpc) is 2.78. The number of carbonyl (C=O) groups excluding carboxylic acids is 2. The van der Waals surface area contributed by atoms with Crippen LogP contribution in [0.3, 0.4) is 0 Å².